The zero-order valence-corrected chi connectivity index (χ0v) is 10.9. The van der Waals surface area contributed by atoms with E-state index in [1.807, 2.05) is 12.1 Å². The van der Waals surface area contributed by atoms with Crippen molar-refractivity contribution >= 4 is 44.6 Å². The Labute approximate surface area is 103 Å². The van der Waals surface area contributed by atoms with Crippen molar-refractivity contribution in [1.82, 2.24) is 4.98 Å². The summed E-state index contributed by atoms with van der Waals surface area (Å²) < 4.78 is 5.64. The Morgan fingerprint density at radius 2 is 2.33 bits per heavy atom. The summed E-state index contributed by atoms with van der Waals surface area (Å²) in [6.45, 7) is 0. The Morgan fingerprint density at radius 3 is 2.93 bits per heavy atom. The van der Waals surface area contributed by atoms with Gasteiger partial charge in [0.2, 0.25) is 0 Å². The number of hydrogen-bond acceptors (Lipinski definition) is 5. The Kier molecular flexibility index (Phi) is 3.18. The quantitative estimate of drug-likeness (QED) is 0.798. The van der Waals surface area contributed by atoms with Crippen LogP contribution in [0.5, 0.6) is 0 Å². The molecule has 0 aliphatic carbocycles. The van der Waals surface area contributed by atoms with Crippen molar-refractivity contribution in [3.63, 3.8) is 0 Å². The summed E-state index contributed by atoms with van der Waals surface area (Å²) in [6, 6.07) is 3.92. The van der Waals surface area contributed by atoms with Gasteiger partial charge in [-0.2, -0.15) is 0 Å². The maximum atomic E-state index is 11.2. The molecule has 0 fully saturated rings. The van der Waals surface area contributed by atoms with Crippen LogP contribution < -0.4 is 0 Å². The Balaban J connectivity index is 2.31. The maximum absolute atomic E-state index is 11.2. The minimum atomic E-state index is -0.395. The van der Waals surface area contributed by atoms with Gasteiger partial charge in [-0.25, -0.2) is 9.78 Å². The van der Waals surface area contributed by atoms with Gasteiger partial charge >= 0.3 is 5.97 Å². The zero-order chi connectivity index (χ0) is 10.8. The molecule has 0 amide bonds. The van der Waals surface area contributed by atoms with E-state index in [9.17, 15) is 4.79 Å². The van der Waals surface area contributed by atoms with Gasteiger partial charge in [-0.15, -0.1) is 22.7 Å². The molecule has 3 nitrogen and oxygen atoms in total. The topological polar surface area (TPSA) is 39.2 Å². The molecule has 0 saturated heterocycles. The Hall–Kier alpha value is -0.720. The minimum Gasteiger partial charge on any atom is -0.464 e. The van der Waals surface area contributed by atoms with Gasteiger partial charge in [0, 0.05) is 5.38 Å². The molecule has 0 aliphatic rings. The van der Waals surface area contributed by atoms with E-state index in [0.717, 1.165) is 13.7 Å². The highest BCUT2D eigenvalue weighted by molar-refractivity contribution is 9.11. The van der Waals surface area contributed by atoms with E-state index in [1.54, 1.807) is 16.7 Å². The third-order valence-corrected chi connectivity index (χ3v) is 4.32. The minimum absolute atomic E-state index is 0.363. The lowest BCUT2D eigenvalue weighted by Gasteiger charge is -1.91. The van der Waals surface area contributed by atoms with Crippen molar-refractivity contribution in [3.05, 3.63) is 27.0 Å². The van der Waals surface area contributed by atoms with Gasteiger partial charge in [0.05, 0.1) is 15.8 Å². The summed E-state index contributed by atoms with van der Waals surface area (Å²) in [5.41, 5.74) is 0.363. The summed E-state index contributed by atoms with van der Waals surface area (Å²) in [7, 11) is 1.35. The third-order valence-electron chi connectivity index (χ3n) is 1.68. The first-order valence-electron chi connectivity index (χ1n) is 4.00. The average molecular weight is 304 g/mol. The summed E-state index contributed by atoms with van der Waals surface area (Å²) in [5, 5.41) is 2.54. The van der Waals surface area contributed by atoms with Gasteiger partial charge in [0.1, 0.15) is 5.01 Å². The van der Waals surface area contributed by atoms with Crippen molar-refractivity contribution in [1.29, 1.82) is 0 Å². The molecule has 15 heavy (non-hydrogen) atoms. The molecule has 0 radical (unpaired) electrons. The third kappa shape index (κ3) is 2.27. The summed E-state index contributed by atoms with van der Waals surface area (Å²) >= 11 is 6.41. The number of ether oxygens (including phenoxy) is 1. The van der Waals surface area contributed by atoms with Crippen LogP contribution in [-0.2, 0) is 4.74 Å². The second-order valence-corrected chi connectivity index (χ2v) is 5.95. The highest BCUT2D eigenvalue weighted by atomic mass is 79.9. The fourth-order valence-corrected chi connectivity index (χ4v) is 3.26. The van der Waals surface area contributed by atoms with Gasteiger partial charge in [-0.3, -0.25) is 0 Å². The molecule has 0 spiro atoms. The van der Waals surface area contributed by atoms with Crippen molar-refractivity contribution in [2.75, 3.05) is 7.11 Å². The second kappa shape index (κ2) is 4.42. The smallest absolute Gasteiger partial charge is 0.357 e. The molecule has 78 valence electrons. The number of carbonyl (C=O) groups excluding carboxylic acids is 1. The lowest BCUT2D eigenvalue weighted by molar-refractivity contribution is 0.0595. The number of hydrogen-bond donors (Lipinski definition) is 0. The van der Waals surface area contributed by atoms with Crippen LogP contribution in [0.25, 0.3) is 9.88 Å². The number of halogens is 1. The van der Waals surface area contributed by atoms with Gasteiger partial charge in [-0.05, 0) is 28.1 Å². The van der Waals surface area contributed by atoms with Crippen LogP contribution in [0, 0.1) is 0 Å². The summed E-state index contributed by atoms with van der Waals surface area (Å²) in [4.78, 5) is 16.4. The van der Waals surface area contributed by atoms with E-state index in [2.05, 4.69) is 25.7 Å². The molecule has 2 aromatic rings. The number of esters is 1. The van der Waals surface area contributed by atoms with Crippen LogP contribution in [0.2, 0.25) is 0 Å². The maximum Gasteiger partial charge on any atom is 0.357 e. The van der Waals surface area contributed by atoms with Crippen molar-refractivity contribution < 1.29 is 9.53 Å². The van der Waals surface area contributed by atoms with E-state index < -0.39 is 5.97 Å². The highest BCUT2D eigenvalue weighted by Gasteiger charge is 2.12. The molecule has 0 aliphatic heterocycles. The van der Waals surface area contributed by atoms with Crippen LogP contribution in [0.4, 0.5) is 0 Å². The van der Waals surface area contributed by atoms with Crippen LogP contribution >= 0.6 is 38.6 Å². The fraction of sp³-hybridized carbons (Fsp3) is 0.111. The van der Waals surface area contributed by atoms with Crippen LogP contribution in [0.15, 0.2) is 21.3 Å². The highest BCUT2D eigenvalue weighted by Crippen LogP contribution is 2.33. The normalized spacial score (nSPS) is 10.3. The zero-order valence-electron chi connectivity index (χ0n) is 7.69. The van der Waals surface area contributed by atoms with Crippen LogP contribution in [0.1, 0.15) is 10.5 Å². The van der Waals surface area contributed by atoms with Gasteiger partial charge in [0.25, 0.3) is 0 Å². The number of thiazole rings is 1. The molecule has 2 rings (SSSR count). The first kappa shape index (κ1) is 10.8. The first-order chi connectivity index (χ1) is 7.20. The molecule has 2 aromatic heterocycles. The number of methoxy groups -OCH3 is 1. The first-order valence-corrected chi connectivity index (χ1v) is 6.49. The van der Waals surface area contributed by atoms with E-state index in [1.165, 1.54) is 18.4 Å². The van der Waals surface area contributed by atoms with Crippen LogP contribution in [-0.4, -0.2) is 18.1 Å². The molecule has 0 N–H and O–H groups in total. The predicted molar refractivity (Wildman–Crippen MR) is 64.5 cm³/mol. The Morgan fingerprint density at radius 1 is 1.53 bits per heavy atom. The number of aromatic nitrogens is 1. The number of nitrogens with zero attached hydrogens (tertiary/aromatic N) is 1. The average Bonchev–Trinajstić information content (AvgIpc) is 2.84. The molecule has 0 saturated carbocycles. The van der Waals surface area contributed by atoms with E-state index in [4.69, 9.17) is 0 Å². The molecule has 6 heteroatoms. The molecule has 0 bridgehead atoms. The number of carbonyl (C=O) groups is 1. The summed E-state index contributed by atoms with van der Waals surface area (Å²) in [5.74, 6) is -0.395. The molecular formula is C9H6BrNO2S2. The SMILES string of the molecule is COC(=O)c1csc(-c2ccc(Br)s2)n1. The summed E-state index contributed by atoms with van der Waals surface area (Å²) in [6.07, 6.45) is 0. The largest absolute Gasteiger partial charge is 0.464 e. The van der Waals surface area contributed by atoms with Crippen molar-refractivity contribution in [2.45, 2.75) is 0 Å². The Bertz CT molecular complexity index is 492. The number of thiophene rings is 1. The lowest BCUT2D eigenvalue weighted by atomic mass is 10.4. The molecule has 0 aromatic carbocycles. The van der Waals surface area contributed by atoms with E-state index >= 15 is 0 Å². The lowest BCUT2D eigenvalue weighted by Crippen LogP contribution is -2.00. The van der Waals surface area contributed by atoms with Gasteiger partial charge in [0.15, 0.2) is 5.69 Å². The molecule has 0 unspecified atom stereocenters. The monoisotopic (exact) mass is 303 g/mol. The second-order valence-electron chi connectivity index (χ2n) is 2.63. The van der Waals surface area contributed by atoms with Crippen molar-refractivity contribution in [2.24, 2.45) is 0 Å². The molecular weight excluding hydrogens is 298 g/mol. The van der Waals surface area contributed by atoms with E-state index in [0.29, 0.717) is 5.69 Å². The van der Waals surface area contributed by atoms with Crippen molar-refractivity contribution in [3.8, 4) is 9.88 Å². The standard InChI is InChI=1S/C9H6BrNO2S2/c1-13-9(12)5-4-14-8(11-5)6-2-3-7(10)15-6/h2-4H,1H3. The van der Waals surface area contributed by atoms with Gasteiger partial charge in [-0.1, -0.05) is 0 Å². The molecule has 2 heterocycles. The van der Waals surface area contributed by atoms with E-state index in [-0.39, 0.29) is 0 Å². The molecule has 0 atom stereocenters. The number of rotatable bonds is 2. The predicted octanol–water partition coefficient (Wildman–Crippen LogP) is 3.42. The van der Waals surface area contributed by atoms with Crippen LogP contribution in [0.3, 0.4) is 0 Å². The van der Waals surface area contributed by atoms with Gasteiger partial charge < -0.3 is 4.74 Å². The fourth-order valence-electron chi connectivity index (χ4n) is 1.01.